The number of carbonyl (C=O) groups is 1. The van der Waals surface area contributed by atoms with E-state index in [4.69, 9.17) is 22.7 Å². The van der Waals surface area contributed by atoms with E-state index in [2.05, 4.69) is 26.4 Å². The summed E-state index contributed by atoms with van der Waals surface area (Å²) in [6, 6.07) is 2.79. The van der Waals surface area contributed by atoms with Crippen LogP contribution in [0.15, 0.2) is 35.6 Å². The van der Waals surface area contributed by atoms with Gasteiger partial charge < -0.3 is 20.5 Å². The zero-order valence-corrected chi connectivity index (χ0v) is 13.7. The fourth-order valence-corrected chi connectivity index (χ4v) is 1.66. The summed E-state index contributed by atoms with van der Waals surface area (Å²) < 4.78 is 46.1. The van der Waals surface area contributed by atoms with Gasteiger partial charge in [-0.25, -0.2) is 9.78 Å². The number of nitrogens with two attached hydrogens (primary N) is 1. The number of aromatic nitrogens is 1. The molecule has 0 aliphatic heterocycles. The Balaban J connectivity index is 3.13. The molecule has 0 radical (unpaired) electrons. The van der Waals surface area contributed by atoms with Crippen molar-refractivity contribution in [2.75, 3.05) is 13.7 Å². The van der Waals surface area contributed by atoms with Gasteiger partial charge in [-0.15, -0.1) is 0 Å². The highest BCUT2D eigenvalue weighted by molar-refractivity contribution is 6.44. The van der Waals surface area contributed by atoms with Gasteiger partial charge in [0.05, 0.1) is 12.7 Å². The quantitative estimate of drug-likeness (QED) is 0.290. The van der Waals surface area contributed by atoms with E-state index >= 15 is 0 Å². The highest BCUT2D eigenvalue weighted by Crippen LogP contribution is 2.25. The molecule has 0 aromatic carbocycles. The Morgan fingerprint density at radius 3 is 2.68 bits per heavy atom. The molecule has 0 aliphatic rings. The zero-order valence-electron chi connectivity index (χ0n) is 12.9. The summed E-state index contributed by atoms with van der Waals surface area (Å²) in [6.07, 6.45) is -3.33. The van der Waals surface area contributed by atoms with E-state index in [9.17, 15) is 18.0 Å². The molecule has 0 unspecified atom stereocenters. The highest BCUT2D eigenvalue weighted by atomic mass is 35.5. The molecule has 0 saturated carbocycles. The Kier molecular flexibility index (Phi) is 6.80. The summed E-state index contributed by atoms with van der Waals surface area (Å²) in [5.74, 6) is -1.94. The number of nitrogens with zero attached hydrogens (tertiary/aromatic N) is 1. The number of nitrogens with one attached hydrogen (secondary N) is 2. The Labute approximate surface area is 145 Å². The molecule has 136 valence electrons. The van der Waals surface area contributed by atoms with E-state index in [0.29, 0.717) is 0 Å². The van der Waals surface area contributed by atoms with Gasteiger partial charge in [0.15, 0.2) is 6.61 Å². The summed E-state index contributed by atoms with van der Waals surface area (Å²) in [5, 5.41) is 9.28. The van der Waals surface area contributed by atoms with Crippen molar-refractivity contribution in [1.29, 1.82) is 5.41 Å². The first-order valence-electron chi connectivity index (χ1n) is 6.50. The van der Waals surface area contributed by atoms with Crippen LogP contribution in [0.1, 0.15) is 5.56 Å². The van der Waals surface area contributed by atoms with Crippen LogP contribution in [-0.4, -0.2) is 36.7 Å². The topological polar surface area (TPSA) is 110 Å². The zero-order chi connectivity index (χ0) is 19.2. The molecule has 0 amide bonds. The monoisotopic (exact) mass is 378 g/mol. The number of methoxy groups -OCH3 is 1. The second kappa shape index (κ2) is 8.38. The molecule has 0 fully saturated rings. The fraction of sp³-hybridized carbons (Fsp3) is 0.214. The lowest BCUT2D eigenvalue weighted by molar-refractivity contribution is -0.154. The van der Waals surface area contributed by atoms with Gasteiger partial charge in [-0.2, -0.15) is 13.2 Å². The molecule has 1 heterocycles. The van der Waals surface area contributed by atoms with E-state index in [0.717, 1.165) is 7.11 Å². The number of hydrogen-bond acceptors (Lipinski definition) is 6. The maximum absolute atomic E-state index is 12.3. The third-order valence-corrected chi connectivity index (χ3v) is 2.98. The molecule has 0 saturated heterocycles. The standard InChI is InChI=1S/C14H14ClF3N4O3/c1-7(22-10(13(23)24-2)9(15)11(19)20)8-4-3-5-21-12(8)25-6-14(16,17)18/h3-5,22H,1,6H2,2H3,(H3,19,20). The minimum absolute atomic E-state index is 0.0428. The minimum Gasteiger partial charge on any atom is -0.468 e. The number of carbonyl (C=O) groups excluding carboxylic acids is 1. The predicted octanol–water partition coefficient (Wildman–Crippen LogP) is 2.14. The number of amidine groups is 1. The summed E-state index contributed by atoms with van der Waals surface area (Å²) in [6.45, 7) is 2.05. The van der Waals surface area contributed by atoms with E-state index < -0.39 is 35.3 Å². The molecule has 7 nitrogen and oxygen atoms in total. The number of rotatable bonds is 7. The Morgan fingerprint density at radius 1 is 1.52 bits per heavy atom. The molecule has 0 atom stereocenters. The van der Waals surface area contributed by atoms with Crippen LogP contribution in [0.4, 0.5) is 13.2 Å². The number of esters is 1. The molecule has 0 aliphatic carbocycles. The molecule has 1 rings (SSSR count). The van der Waals surface area contributed by atoms with Crippen molar-refractivity contribution < 1.29 is 27.4 Å². The van der Waals surface area contributed by atoms with E-state index in [1.54, 1.807) is 0 Å². The van der Waals surface area contributed by atoms with Crippen LogP contribution in [0, 0.1) is 5.41 Å². The number of hydrogen-bond donors (Lipinski definition) is 3. The summed E-state index contributed by atoms with van der Waals surface area (Å²) in [4.78, 5) is 15.5. The van der Waals surface area contributed by atoms with Crippen LogP contribution < -0.4 is 15.8 Å². The van der Waals surface area contributed by atoms with Gasteiger partial charge in [-0.3, -0.25) is 5.41 Å². The predicted molar refractivity (Wildman–Crippen MR) is 84.8 cm³/mol. The van der Waals surface area contributed by atoms with Crippen molar-refractivity contribution in [3.05, 3.63) is 41.2 Å². The third-order valence-electron chi connectivity index (χ3n) is 2.59. The van der Waals surface area contributed by atoms with Crippen molar-refractivity contribution in [3.8, 4) is 5.88 Å². The van der Waals surface area contributed by atoms with Crippen LogP contribution in [0.3, 0.4) is 0 Å². The molecule has 0 spiro atoms. The average molecular weight is 379 g/mol. The number of halogens is 4. The Hall–Kier alpha value is -2.75. The Morgan fingerprint density at radius 2 is 2.16 bits per heavy atom. The van der Waals surface area contributed by atoms with Gasteiger partial charge in [0.2, 0.25) is 5.88 Å². The van der Waals surface area contributed by atoms with Crippen molar-refractivity contribution in [3.63, 3.8) is 0 Å². The lowest BCUT2D eigenvalue weighted by atomic mass is 10.2. The molecule has 11 heteroatoms. The molecule has 1 aromatic heterocycles. The van der Waals surface area contributed by atoms with E-state index in [1.165, 1.54) is 18.3 Å². The van der Waals surface area contributed by atoms with E-state index in [1.807, 2.05) is 0 Å². The van der Waals surface area contributed by atoms with Crippen LogP contribution >= 0.6 is 11.6 Å². The van der Waals surface area contributed by atoms with Crippen LogP contribution in [0.5, 0.6) is 5.88 Å². The Bertz CT molecular complexity index is 720. The smallest absolute Gasteiger partial charge is 0.422 e. The number of ether oxygens (including phenoxy) is 2. The molecular formula is C14H14ClF3N4O3. The highest BCUT2D eigenvalue weighted by Gasteiger charge is 2.29. The van der Waals surface area contributed by atoms with Gasteiger partial charge in [0.1, 0.15) is 16.6 Å². The first kappa shape index (κ1) is 20.3. The van der Waals surface area contributed by atoms with Gasteiger partial charge in [0.25, 0.3) is 0 Å². The van der Waals surface area contributed by atoms with Gasteiger partial charge in [-0.05, 0) is 12.1 Å². The average Bonchev–Trinajstić information content (AvgIpc) is 2.55. The lowest BCUT2D eigenvalue weighted by Gasteiger charge is -2.16. The van der Waals surface area contributed by atoms with Crippen molar-refractivity contribution in [2.24, 2.45) is 5.73 Å². The van der Waals surface area contributed by atoms with Crippen molar-refractivity contribution in [1.82, 2.24) is 10.3 Å². The second-order valence-corrected chi connectivity index (χ2v) is 4.84. The number of pyridine rings is 1. The first-order valence-corrected chi connectivity index (χ1v) is 6.88. The van der Waals surface area contributed by atoms with E-state index in [-0.39, 0.29) is 17.1 Å². The van der Waals surface area contributed by atoms with Crippen molar-refractivity contribution >= 4 is 29.1 Å². The maximum Gasteiger partial charge on any atom is 0.422 e. The molecule has 25 heavy (non-hydrogen) atoms. The van der Waals surface area contributed by atoms with Crippen LogP contribution in [0.25, 0.3) is 5.70 Å². The third kappa shape index (κ3) is 5.99. The fourth-order valence-electron chi connectivity index (χ4n) is 1.54. The molecular weight excluding hydrogens is 365 g/mol. The summed E-state index contributed by atoms with van der Waals surface area (Å²) in [5.41, 5.74) is 4.79. The molecule has 0 bridgehead atoms. The van der Waals surface area contributed by atoms with Gasteiger partial charge in [0, 0.05) is 11.9 Å². The lowest BCUT2D eigenvalue weighted by Crippen LogP contribution is -2.26. The van der Waals surface area contributed by atoms with Crippen LogP contribution in [-0.2, 0) is 9.53 Å². The first-order chi connectivity index (χ1) is 11.6. The van der Waals surface area contributed by atoms with Crippen molar-refractivity contribution in [2.45, 2.75) is 6.18 Å². The minimum atomic E-state index is -4.56. The second-order valence-electron chi connectivity index (χ2n) is 4.46. The summed E-state index contributed by atoms with van der Waals surface area (Å²) >= 11 is 5.78. The van der Waals surface area contributed by atoms with Gasteiger partial charge >= 0.3 is 12.1 Å². The molecule has 1 aromatic rings. The van der Waals surface area contributed by atoms with Crippen LogP contribution in [0.2, 0.25) is 0 Å². The largest absolute Gasteiger partial charge is 0.468 e. The SMILES string of the molecule is C=C(NC(C(=O)OC)=C(Cl)C(=N)N)c1cccnc1OCC(F)(F)F. The summed E-state index contributed by atoms with van der Waals surface area (Å²) in [7, 11) is 1.07. The normalized spacial score (nSPS) is 12.0. The number of alkyl halides is 3. The maximum atomic E-state index is 12.3. The molecule has 4 N–H and O–H groups in total. The van der Waals surface area contributed by atoms with Gasteiger partial charge in [-0.1, -0.05) is 18.2 Å².